The van der Waals surface area contributed by atoms with Gasteiger partial charge in [0.15, 0.2) is 0 Å². The molecule has 2 aliphatic heterocycles. The Hall–Kier alpha value is -1.45. The van der Waals surface area contributed by atoms with Gasteiger partial charge in [0.1, 0.15) is 4.32 Å². The molecule has 1 aromatic carbocycles. The third-order valence-electron chi connectivity index (χ3n) is 5.11. The first-order chi connectivity index (χ1) is 14.4. The topological polar surface area (TPSA) is 55.9 Å². The zero-order valence-electron chi connectivity index (χ0n) is 17.1. The number of hydrogen-bond donors (Lipinski definition) is 1. The Kier molecular flexibility index (Phi) is 8.71. The minimum atomic E-state index is -0.0484. The van der Waals surface area contributed by atoms with Gasteiger partial charge in [-0.05, 0) is 43.7 Å². The molecule has 6 nitrogen and oxygen atoms in total. The van der Waals surface area contributed by atoms with E-state index in [-0.39, 0.29) is 11.8 Å². The van der Waals surface area contributed by atoms with Crippen LogP contribution in [0.2, 0.25) is 5.02 Å². The smallest absolute Gasteiger partial charge is 0.266 e. The van der Waals surface area contributed by atoms with Gasteiger partial charge in [0.05, 0.1) is 4.91 Å². The first kappa shape index (κ1) is 23.2. The van der Waals surface area contributed by atoms with Crippen molar-refractivity contribution in [1.29, 1.82) is 0 Å². The number of hydrazine groups is 1. The SMILES string of the molecule is CN1CCN(NC(=O)CCCCCN2C(=O)C(=Cc3ccc(Cl)cc3)SC2=S)CC1. The standard InChI is InChI=1S/C21H27ClN4O2S2/c1-24-11-13-25(14-12-24)23-19(27)5-3-2-4-10-26-20(28)18(30-21(26)29)15-16-6-8-17(22)9-7-16/h6-9,15H,2-5,10-14H2,1H3,(H,23,27). The van der Waals surface area contributed by atoms with Gasteiger partial charge in [0.2, 0.25) is 5.91 Å². The van der Waals surface area contributed by atoms with E-state index < -0.39 is 0 Å². The van der Waals surface area contributed by atoms with Crippen LogP contribution in [0.25, 0.3) is 6.08 Å². The summed E-state index contributed by atoms with van der Waals surface area (Å²) in [5.74, 6) is 0.0174. The molecule has 2 fully saturated rings. The molecule has 0 unspecified atom stereocenters. The van der Waals surface area contributed by atoms with Crippen LogP contribution >= 0.6 is 35.6 Å². The number of carbonyl (C=O) groups excluding carboxylic acids is 2. The second-order valence-corrected chi connectivity index (χ2v) is 9.63. The quantitative estimate of drug-likeness (QED) is 0.360. The number of rotatable bonds is 8. The molecule has 0 aromatic heterocycles. The first-order valence-corrected chi connectivity index (χ1v) is 11.8. The van der Waals surface area contributed by atoms with E-state index in [2.05, 4.69) is 17.4 Å². The molecule has 30 heavy (non-hydrogen) atoms. The van der Waals surface area contributed by atoms with E-state index in [4.69, 9.17) is 23.8 Å². The minimum Gasteiger partial charge on any atom is -0.304 e. The van der Waals surface area contributed by atoms with E-state index in [1.807, 2.05) is 23.2 Å². The van der Waals surface area contributed by atoms with Gasteiger partial charge in [-0.25, -0.2) is 5.01 Å². The van der Waals surface area contributed by atoms with Crippen molar-refractivity contribution in [2.75, 3.05) is 39.8 Å². The summed E-state index contributed by atoms with van der Waals surface area (Å²) >= 11 is 12.6. The fourth-order valence-electron chi connectivity index (χ4n) is 3.29. The number of halogens is 1. The second-order valence-electron chi connectivity index (χ2n) is 7.52. The number of likely N-dealkylation sites (N-methyl/N-ethyl adjacent to an activating group) is 1. The Morgan fingerprint density at radius 1 is 1.17 bits per heavy atom. The number of thioether (sulfide) groups is 1. The maximum absolute atomic E-state index is 12.7. The lowest BCUT2D eigenvalue weighted by Gasteiger charge is -2.32. The summed E-state index contributed by atoms with van der Waals surface area (Å²) in [5.41, 5.74) is 3.90. The molecule has 2 heterocycles. The molecule has 9 heteroatoms. The van der Waals surface area contributed by atoms with Crippen molar-refractivity contribution >= 4 is 57.8 Å². The van der Waals surface area contributed by atoms with Crippen LogP contribution in [0.4, 0.5) is 0 Å². The predicted molar refractivity (Wildman–Crippen MR) is 127 cm³/mol. The van der Waals surface area contributed by atoms with Gasteiger partial charge in [-0.3, -0.25) is 19.9 Å². The van der Waals surface area contributed by atoms with Crippen molar-refractivity contribution in [1.82, 2.24) is 20.2 Å². The predicted octanol–water partition coefficient (Wildman–Crippen LogP) is 3.38. The Morgan fingerprint density at radius 3 is 2.57 bits per heavy atom. The number of piperazine rings is 1. The van der Waals surface area contributed by atoms with Crippen molar-refractivity contribution in [3.8, 4) is 0 Å². The van der Waals surface area contributed by atoms with E-state index in [0.29, 0.717) is 27.2 Å². The number of nitrogens with one attached hydrogen (secondary N) is 1. The zero-order valence-corrected chi connectivity index (χ0v) is 19.5. The molecule has 0 bridgehead atoms. The van der Waals surface area contributed by atoms with Gasteiger partial charge in [0, 0.05) is 44.2 Å². The van der Waals surface area contributed by atoms with Crippen LogP contribution < -0.4 is 5.43 Å². The van der Waals surface area contributed by atoms with Gasteiger partial charge >= 0.3 is 0 Å². The molecule has 0 radical (unpaired) electrons. The first-order valence-electron chi connectivity index (χ1n) is 10.2. The van der Waals surface area contributed by atoms with Crippen molar-refractivity contribution in [3.63, 3.8) is 0 Å². The summed E-state index contributed by atoms with van der Waals surface area (Å²) in [6.45, 7) is 4.25. The maximum Gasteiger partial charge on any atom is 0.266 e. The second kappa shape index (κ2) is 11.2. The molecule has 0 saturated carbocycles. The highest BCUT2D eigenvalue weighted by Gasteiger charge is 2.31. The largest absolute Gasteiger partial charge is 0.304 e. The summed E-state index contributed by atoms with van der Waals surface area (Å²) in [5, 5.41) is 2.66. The van der Waals surface area contributed by atoms with Gasteiger partial charge in [-0.15, -0.1) is 0 Å². The fraction of sp³-hybridized carbons (Fsp3) is 0.476. The molecule has 0 spiro atoms. The van der Waals surface area contributed by atoms with Crippen LogP contribution in [0.1, 0.15) is 31.2 Å². The number of benzene rings is 1. The molecular weight excluding hydrogens is 440 g/mol. The highest BCUT2D eigenvalue weighted by atomic mass is 35.5. The lowest BCUT2D eigenvalue weighted by atomic mass is 10.2. The number of hydrogen-bond acceptors (Lipinski definition) is 6. The Morgan fingerprint density at radius 2 is 1.87 bits per heavy atom. The van der Waals surface area contributed by atoms with Crippen LogP contribution in [-0.2, 0) is 9.59 Å². The average Bonchev–Trinajstić information content (AvgIpc) is 2.98. The number of thiocarbonyl (C=S) groups is 1. The maximum atomic E-state index is 12.7. The highest BCUT2D eigenvalue weighted by molar-refractivity contribution is 8.26. The van der Waals surface area contributed by atoms with E-state index in [0.717, 1.165) is 51.0 Å². The zero-order chi connectivity index (χ0) is 21.5. The Bertz CT molecular complexity index is 808. The molecule has 2 saturated heterocycles. The fourth-order valence-corrected chi connectivity index (χ4v) is 4.72. The molecule has 0 aliphatic carbocycles. The van der Waals surface area contributed by atoms with Crippen LogP contribution in [0.15, 0.2) is 29.2 Å². The van der Waals surface area contributed by atoms with E-state index in [9.17, 15) is 9.59 Å². The summed E-state index contributed by atoms with van der Waals surface area (Å²) in [6.07, 6.45) is 4.85. The van der Waals surface area contributed by atoms with Gasteiger partial charge in [-0.1, -0.05) is 54.1 Å². The summed E-state index contributed by atoms with van der Waals surface area (Å²) in [7, 11) is 2.09. The molecule has 3 rings (SSSR count). The molecule has 162 valence electrons. The lowest BCUT2D eigenvalue weighted by molar-refractivity contribution is -0.127. The summed E-state index contributed by atoms with van der Waals surface area (Å²) in [4.78, 5) is 29.3. The summed E-state index contributed by atoms with van der Waals surface area (Å²) < 4.78 is 0.591. The molecular formula is C21H27ClN4O2S2. The van der Waals surface area contributed by atoms with Crippen molar-refractivity contribution in [3.05, 3.63) is 39.8 Å². The molecule has 1 N–H and O–H groups in total. The number of carbonyl (C=O) groups is 2. The lowest BCUT2D eigenvalue weighted by Crippen LogP contribution is -2.52. The number of amides is 2. The highest BCUT2D eigenvalue weighted by Crippen LogP contribution is 2.32. The molecule has 1 aromatic rings. The number of nitrogens with zero attached hydrogens (tertiary/aromatic N) is 3. The average molecular weight is 467 g/mol. The Balaban J connectivity index is 1.36. The van der Waals surface area contributed by atoms with Crippen LogP contribution in [0.3, 0.4) is 0 Å². The molecule has 2 aliphatic rings. The third kappa shape index (κ3) is 6.78. The molecule has 2 amide bonds. The normalized spacial score (nSPS) is 19.7. The molecule has 0 atom stereocenters. The van der Waals surface area contributed by atoms with Crippen molar-refractivity contribution < 1.29 is 9.59 Å². The van der Waals surface area contributed by atoms with E-state index in [1.54, 1.807) is 17.0 Å². The van der Waals surface area contributed by atoms with Crippen LogP contribution in [0, 0.1) is 0 Å². The van der Waals surface area contributed by atoms with Crippen LogP contribution in [-0.4, -0.2) is 70.7 Å². The van der Waals surface area contributed by atoms with Gasteiger partial charge in [0.25, 0.3) is 5.91 Å². The monoisotopic (exact) mass is 466 g/mol. The van der Waals surface area contributed by atoms with Gasteiger partial charge < -0.3 is 4.90 Å². The minimum absolute atomic E-state index is 0.0484. The summed E-state index contributed by atoms with van der Waals surface area (Å²) in [6, 6.07) is 7.35. The van der Waals surface area contributed by atoms with E-state index in [1.165, 1.54) is 11.8 Å². The van der Waals surface area contributed by atoms with Gasteiger partial charge in [-0.2, -0.15) is 0 Å². The van der Waals surface area contributed by atoms with Crippen LogP contribution in [0.5, 0.6) is 0 Å². The van der Waals surface area contributed by atoms with Crippen molar-refractivity contribution in [2.24, 2.45) is 0 Å². The van der Waals surface area contributed by atoms with E-state index >= 15 is 0 Å². The Labute approximate surface area is 192 Å². The number of unbranched alkanes of at least 4 members (excludes halogenated alkanes) is 2. The van der Waals surface area contributed by atoms with Crippen molar-refractivity contribution in [2.45, 2.75) is 25.7 Å². The third-order valence-corrected chi connectivity index (χ3v) is 6.74.